The maximum atomic E-state index is 6.30. The first-order chi connectivity index (χ1) is 27.1. The van der Waals surface area contributed by atoms with Gasteiger partial charge in [-0.05, 0) is 156 Å². The van der Waals surface area contributed by atoms with E-state index in [1.165, 1.54) is 77.5 Å². The lowest BCUT2D eigenvalue weighted by molar-refractivity contribution is 0.139. The minimum atomic E-state index is 0.410. The molecule has 3 saturated carbocycles. The van der Waals surface area contributed by atoms with Crippen LogP contribution in [0.25, 0.3) is 55.3 Å². The highest BCUT2D eigenvalue weighted by molar-refractivity contribution is 6.07. The summed E-state index contributed by atoms with van der Waals surface area (Å²) in [4.78, 5) is 2.45. The van der Waals surface area contributed by atoms with Crippen molar-refractivity contribution in [3.8, 4) is 33.4 Å². The Bertz CT molecular complexity index is 2690. The molecule has 0 radical (unpaired) electrons. The molecule has 2 heteroatoms. The van der Waals surface area contributed by atoms with Gasteiger partial charge >= 0.3 is 0 Å². The average Bonchev–Trinajstić information content (AvgIpc) is 3.71. The smallest absolute Gasteiger partial charge is 0.135 e. The molecule has 11 rings (SSSR count). The third-order valence-electron chi connectivity index (χ3n) is 13.6. The van der Waals surface area contributed by atoms with Gasteiger partial charge in [0.05, 0.1) is 5.69 Å². The summed E-state index contributed by atoms with van der Waals surface area (Å²) < 4.78 is 6.30. The fourth-order valence-corrected chi connectivity index (χ4v) is 11.0. The van der Waals surface area contributed by atoms with E-state index < -0.39 is 0 Å². The normalized spacial score (nSPS) is 21.4. The van der Waals surface area contributed by atoms with Crippen LogP contribution < -0.4 is 4.90 Å². The molecule has 268 valence electrons. The monoisotopic (exact) mass is 711 g/mol. The Morgan fingerprint density at radius 1 is 0.527 bits per heavy atom. The van der Waals surface area contributed by atoms with Gasteiger partial charge in [0.1, 0.15) is 11.2 Å². The summed E-state index contributed by atoms with van der Waals surface area (Å²) in [5.41, 5.74) is 15.7. The minimum Gasteiger partial charge on any atom is -0.456 e. The summed E-state index contributed by atoms with van der Waals surface area (Å²) in [5, 5.41) is 2.25. The van der Waals surface area contributed by atoms with Crippen molar-refractivity contribution in [1.82, 2.24) is 0 Å². The number of anilines is 3. The largest absolute Gasteiger partial charge is 0.456 e. The maximum absolute atomic E-state index is 6.30. The fourth-order valence-electron chi connectivity index (χ4n) is 11.0. The van der Waals surface area contributed by atoms with E-state index in [2.05, 4.69) is 170 Å². The Kier molecular flexibility index (Phi) is 7.62. The number of hydrogen-bond acceptors (Lipinski definition) is 2. The molecular weight excluding hydrogens is 667 g/mol. The van der Waals surface area contributed by atoms with Gasteiger partial charge in [-0.2, -0.15) is 0 Å². The van der Waals surface area contributed by atoms with Gasteiger partial charge in [-0.1, -0.05) is 115 Å². The zero-order chi connectivity index (χ0) is 36.5. The molecule has 0 spiro atoms. The molecule has 1 heterocycles. The highest BCUT2D eigenvalue weighted by Gasteiger charge is 2.52. The van der Waals surface area contributed by atoms with Gasteiger partial charge in [0.2, 0.25) is 0 Å². The van der Waals surface area contributed by atoms with Crippen molar-refractivity contribution in [2.24, 2.45) is 17.8 Å². The fraction of sp³-hybridized carbons (Fsp3) is 0.208. The third kappa shape index (κ3) is 5.53. The predicted octanol–water partition coefficient (Wildman–Crippen LogP) is 14.8. The Labute approximate surface area is 324 Å². The Hall–Kier alpha value is -5.86. The van der Waals surface area contributed by atoms with Crippen LogP contribution in [0, 0.1) is 24.7 Å². The minimum absolute atomic E-state index is 0.410. The van der Waals surface area contributed by atoms with Crippen LogP contribution in [0.2, 0.25) is 0 Å². The predicted molar refractivity (Wildman–Crippen MR) is 229 cm³/mol. The number of para-hydroxylation sites is 1. The summed E-state index contributed by atoms with van der Waals surface area (Å²) in [6.07, 6.45) is 8.61. The first-order valence-corrected chi connectivity index (χ1v) is 20.3. The molecule has 3 fully saturated rings. The van der Waals surface area contributed by atoms with E-state index >= 15 is 0 Å². The highest BCUT2D eigenvalue weighted by Crippen LogP contribution is 2.61. The van der Waals surface area contributed by atoms with Crippen LogP contribution in [0.4, 0.5) is 17.1 Å². The number of benzene rings is 7. The SMILES string of the molecule is Cc1cc(-c2ccc(C34CCC5CC(CC5C3)C4)cc2)ccc1N(c1ccc2oc3ccccc3c2c1)c1ccc(-c2ccccc2)cc1-c1ccccc1. The van der Waals surface area contributed by atoms with Crippen LogP contribution in [0.1, 0.15) is 49.7 Å². The van der Waals surface area contributed by atoms with Crippen molar-refractivity contribution in [3.05, 3.63) is 175 Å². The molecule has 3 bridgehead atoms. The molecule has 0 aliphatic heterocycles. The van der Waals surface area contributed by atoms with Crippen molar-refractivity contribution in [1.29, 1.82) is 0 Å². The lowest BCUT2D eigenvalue weighted by Crippen LogP contribution is -2.37. The third-order valence-corrected chi connectivity index (χ3v) is 13.6. The van der Waals surface area contributed by atoms with Crippen molar-refractivity contribution in [2.45, 2.75) is 50.9 Å². The molecule has 4 unspecified atom stereocenters. The zero-order valence-electron chi connectivity index (χ0n) is 31.4. The highest BCUT2D eigenvalue weighted by atomic mass is 16.3. The van der Waals surface area contributed by atoms with E-state index in [-0.39, 0.29) is 0 Å². The number of aryl methyl sites for hydroxylation is 1. The van der Waals surface area contributed by atoms with Crippen LogP contribution in [-0.4, -0.2) is 0 Å². The average molecular weight is 712 g/mol. The maximum Gasteiger partial charge on any atom is 0.135 e. The summed E-state index contributed by atoms with van der Waals surface area (Å²) in [7, 11) is 0. The van der Waals surface area contributed by atoms with Gasteiger partial charge in [-0.15, -0.1) is 0 Å². The molecule has 3 aliphatic rings. The van der Waals surface area contributed by atoms with Crippen LogP contribution >= 0.6 is 0 Å². The molecule has 2 nitrogen and oxygen atoms in total. The molecule has 1 aromatic heterocycles. The van der Waals surface area contributed by atoms with Crippen LogP contribution in [-0.2, 0) is 5.41 Å². The van der Waals surface area contributed by atoms with E-state index in [1.54, 1.807) is 5.56 Å². The number of hydrogen-bond donors (Lipinski definition) is 0. The number of rotatable bonds is 7. The summed E-state index contributed by atoms with van der Waals surface area (Å²) in [6.45, 7) is 2.27. The molecule has 0 amide bonds. The Morgan fingerprint density at radius 3 is 1.98 bits per heavy atom. The van der Waals surface area contributed by atoms with Gasteiger partial charge in [0.25, 0.3) is 0 Å². The first kappa shape index (κ1) is 32.6. The second kappa shape index (κ2) is 12.9. The lowest BCUT2D eigenvalue weighted by Gasteiger charge is -2.45. The first-order valence-electron chi connectivity index (χ1n) is 20.3. The zero-order valence-corrected chi connectivity index (χ0v) is 31.4. The summed E-state index contributed by atoms with van der Waals surface area (Å²) in [6, 6.07) is 60.2. The molecule has 0 saturated heterocycles. The van der Waals surface area contributed by atoms with Gasteiger partial charge in [0.15, 0.2) is 0 Å². The van der Waals surface area contributed by atoms with Crippen molar-refractivity contribution in [2.75, 3.05) is 4.90 Å². The second-order valence-corrected chi connectivity index (χ2v) is 16.7. The van der Waals surface area contributed by atoms with Crippen LogP contribution in [0.15, 0.2) is 168 Å². The summed E-state index contributed by atoms with van der Waals surface area (Å²) >= 11 is 0. The van der Waals surface area contributed by atoms with Crippen molar-refractivity contribution >= 4 is 39.0 Å². The second-order valence-electron chi connectivity index (χ2n) is 16.7. The van der Waals surface area contributed by atoms with Gasteiger partial charge in [-0.25, -0.2) is 0 Å². The molecule has 0 N–H and O–H groups in total. The van der Waals surface area contributed by atoms with Crippen molar-refractivity contribution < 1.29 is 4.42 Å². The van der Waals surface area contributed by atoms with E-state index in [1.807, 2.05) is 6.07 Å². The van der Waals surface area contributed by atoms with Gasteiger partial charge in [0, 0.05) is 27.7 Å². The Morgan fingerprint density at radius 2 is 1.18 bits per heavy atom. The van der Waals surface area contributed by atoms with Crippen molar-refractivity contribution in [3.63, 3.8) is 0 Å². The molecule has 55 heavy (non-hydrogen) atoms. The quantitative estimate of drug-likeness (QED) is 0.164. The van der Waals surface area contributed by atoms with Crippen LogP contribution in [0.3, 0.4) is 0 Å². The number of furan rings is 1. The number of fused-ring (bicyclic) bond motifs is 5. The Balaban J connectivity index is 1.03. The molecule has 7 aromatic carbocycles. The lowest BCUT2D eigenvalue weighted by atomic mass is 9.59. The van der Waals surface area contributed by atoms with Gasteiger partial charge in [-0.3, -0.25) is 0 Å². The summed E-state index contributed by atoms with van der Waals surface area (Å²) in [5.74, 6) is 2.93. The molecule has 3 aliphatic carbocycles. The topological polar surface area (TPSA) is 16.4 Å². The van der Waals surface area contributed by atoms with Gasteiger partial charge < -0.3 is 9.32 Å². The molecule has 8 aromatic rings. The standard InChI is InChI=1S/C53H45NO/c1-35-28-40(38-16-20-44(21-17-38)53-27-26-42-29-36(33-53)30-43(42)34-53)18-23-49(35)54(45-22-25-52-48(32-45)46-14-8-9-15-51(46)55-52)50-24-19-41(37-10-4-2-5-11-37)31-47(50)39-12-6-3-7-13-39/h2-25,28,31-32,36,42-43H,26-27,29-30,33-34H2,1H3. The van der Waals surface area contributed by atoms with E-state index in [0.717, 1.165) is 56.8 Å². The number of nitrogens with zero attached hydrogens (tertiary/aromatic N) is 1. The van der Waals surface area contributed by atoms with Crippen LogP contribution in [0.5, 0.6) is 0 Å². The molecular formula is C53H45NO. The van der Waals surface area contributed by atoms with E-state index in [9.17, 15) is 0 Å². The van der Waals surface area contributed by atoms with E-state index in [4.69, 9.17) is 4.42 Å². The molecule has 4 atom stereocenters. The van der Waals surface area contributed by atoms with E-state index in [0.29, 0.717) is 5.41 Å².